The minimum Gasteiger partial charge on any atom is -0.480 e. The first-order valence-electron chi connectivity index (χ1n) is 16.1. The lowest BCUT2D eigenvalue weighted by molar-refractivity contribution is -0.148. The van der Waals surface area contributed by atoms with Crippen molar-refractivity contribution in [1.82, 2.24) is 5.32 Å². The summed E-state index contributed by atoms with van der Waals surface area (Å²) in [6, 6.07) is -0.883. The highest BCUT2D eigenvalue weighted by Crippen LogP contribution is 2.16. The molecule has 0 aliphatic carbocycles. The second kappa shape index (κ2) is 29.6. The van der Waals surface area contributed by atoms with Gasteiger partial charge in [-0.3, -0.25) is 9.59 Å². The first-order valence-corrected chi connectivity index (χ1v) is 16.1. The lowest BCUT2D eigenvalue weighted by Crippen LogP contribution is -2.40. The van der Waals surface area contributed by atoms with Crippen LogP contribution in [0.5, 0.6) is 0 Å². The summed E-state index contributed by atoms with van der Waals surface area (Å²) in [6.45, 7) is 4.68. The Kier molecular flexibility index (Phi) is 27.5. The molecule has 0 aromatic carbocycles. The zero-order valence-electron chi connectivity index (χ0n) is 26.3. The molecule has 2 unspecified atom stereocenters. The lowest BCUT2D eigenvalue weighted by atomic mass is 10.0. The molecule has 0 aromatic rings. The molecule has 0 rings (SSSR count). The Bertz CT molecular complexity index is 844. The third kappa shape index (κ3) is 26.0. The standard InChI is InChI=1S/C35H58N2O5/c1-3-5-7-8-9-10-11-12-13-14-15-16-17-18-23-29-34(39)42-31(25-20-6-4-2)26-21-19-22-28-33(38)37-32(35(40)41)27-24-30-36/h5,7,9-10,12-13,15-16,18,23,31-32H,3-4,6,8,11,14,17,19-22,24-30,36H2,1-2H3,(H,37,38)(H,40,41)/b7-5-,10-9-,13-12-,16-15-,23-18-. The molecule has 0 saturated heterocycles. The largest absolute Gasteiger partial charge is 0.480 e. The Morgan fingerprint density at radius 3 is 1.79 bits per heavy atom. The number of nitrogens with one attached hydrogen (secondary N) is 1. The van der Waals surface area contributed by atoms with Crippen LogP contribution in [-0.2, 0) is 19.1 Å². The van der Waals surface area contributed by atoms with E-state index in [4.69, 9.17) is 10.5 Å². The van der Waals surface area contributed by atoms with Gasteiger partial charge in [-0.2, -0.15) is 0 Å². The molecule has 0 heterocycles. The lowest BCUT2D eigenvalue weighted by Gasteiger charge is -2.18. The maximum atomic E-state index is 12.4. The number of allylic oxidation sites excluding steroid dienone is 9. The van der Waals surface area contributed by atoms with Crippen LogP contribution >= 0.6 is 0 Å². The molecule has 7 nitrogen and oxygen atoms in total. The topological polar surface area (TPSA) is 119 Å². The van der Waals surface area contributed by atoms with Crippen LogP contribution in [0, 0.1) is 0 Å². The van der Waals surface area contributed by atoms with Crippen molar-refractivity contribution in [3.05, 3.63) is 60.8 Å². The Balaban J connectivity index is 4.25. The van der Waals surface area contributed by atoms with E-state index in [2.05, 4.69) is 67.8 Å². The maximum Gasteiger partial charge on any atom is 0.326 e. The SMILES string of the molecule is CC/C=C\C/C=C\C/C=C\C/C=C\C/C=C\CC(=O)OC(CCCCC)CCCCCC(=O)NC(CCCN)C(=O)O. The van der Waals surface area contributed by atoms with Gasteiger partial charge in [0.1, 0.15) is 12.1 Å². The molecule has 7 heteroatoms. The van der Waals surface area contributed by atoms with Crippen molar-refractivity contribution in [2.45, 2.75) is 135 Å². The number of carboxylic acids is 1. The van der Waals surface area contributed by atoms with E-state index in [0.717, 1.165) is 77.0 Å². The van der Waals surface area contributed by atoms with Gasteiger partial charge in [0.25, 0.3) is 0 Å². The monoisotopic (exact) mass is 586 g/mol. The minimum absolute atomic E-state index is 0.103. The van der Waals surface area contributed by atoms with Crippen LogP contribution in [0.2, 0.25) is 0 Å². The summed E-state index contributed by atoms with van der Waals surface area (Å²) in [6.07, 6.45) is 34.5. The molecule has 0 saturated carbocycles. The molecule has 42 heavy (non-hydrogen) atoms. The average Bonchev–Trinajstić information content (AvgIpc) is 2.96. The number of carbonyl (C=O) groups is 3. The number of carboxylic acid groups (broad SMARTS) is 1. The van der Waals surface area contributed by atoms with Crippen molar-refractivity contribution in [2.75, 3.05) is 6.54 Å². The van der Waals surface area contributed by atoms with Crippen molar-refractivity contribution in [3.63, 3.8) is 0 Å². The molecule has 0 aliphatic heterocycles. The predicted molar refractivity (Wildman–Crippen MR) is 174 cm³/mol. The number of amides is 1. The maximum absolute atomic E-state index is 12.4. The summed E-state index contributed by atoms with van der Waals surface area (Å²) in [5, 5.41) is 11.8. The van der Waals surface area contributed by atoms with Gasteiger partial charge in [-0.05, 0) is 83.6 Å². The van der Waals surface area contributed by atoms with Gasteiger partial charge in [0.15, 0.2) is 0 Å². The smallest absolute Gasteiger partial charge is 0.326 e. The van der Waals surface area contributed by atoms with E-state index >= 15 is 0 Å². The van der Waals surface area contributed by atoms with E-state index in [-0.39, 0.29) is 30.8 Å². The number of nitrogens with two attached hydrogens (primary N) is 1. The second-order valence-corrected chi connectivity index (χ2v) is 10.5. The summed E-state index contributed by atoms with van der Waals surface area (Å²) in [4.78, 5) is 35.8. The molecular formula is C35H58N2O5. The molecule has 0 spiro atoms. The quantitative estimate of drug-likeness (QED) is 0.0512. The van der Waals surface area contributed by atoms with Gasteiger partial charge < -0.3 is 20.9 Å². The molecule has 1 amide bonds. The Morgan fingerprint density at radius 1 is 0.714 bits per heavy atom. The van der Waals surface area contributed by atoms with Gasteiger partial charge in [-0.15, -0.1) is 0 Å². The predicted octanol–water partition coefficient (Wildman–Crippen LogP) is 7.88. The van der Waals surface area contributed by atoms with E-state index in [0.29, 0.717) is 25.8 Å². The number of hydrogen-bond acceptors (Lipinski definition) is 5. The number of carbonyl (C=O) groups excluding carboxylic acids is 2. The first kappa shape index (κ1) is 39.1. The summed E-state index contributed by atoms with van der Waals surface area (Å²) >= 11 is 0. The van der Waals surface area contributed by atoms with Gasteiger partial charge in [-0.1, -0.05) is 93.9 Å². The Labute approximate surface area is 255 Å². The third-order valence-corrected chi connectivity index (χ3v) is 6.63. The van der Waals surface area contributed by atoms with Crippen LogP contribution in [0.15, 0.2) is 60.8 Å². The van der Waals surface area contributed by atoms with Crippen LogP contribution in [0.25, 0.3) is 0 Å². The van der Waals surface area contributed by atoms with Crippen LogP contribution in [-0.4, -0.2) is 41.6 Å². The highest BCUT2D eigenvalue weighted by Gasteiger charge is 2.19. The van der Waals surface area contributed by atoms with Crippen LogP contribution in [0.3, 0.4) is 0 Å². The van der Waals surface area contributed by atoms with E-state index in [1.54, 1.807) is 0 Å². The Morgan fingerprint density at radius 2 is 1.26 bits per heavy atom. The minimum atomic E-state index is -1.03. The highest BCUT2D eigenvalue weighted by atomic mass is 16.5. The molecule has 0 fully saturated rings. The summed E-state index contributed by atoms with van der Waals surface area (Å²) in [7, 11) is 0. The van der Waals surface area contributed by atoms with Gasteiger partial charge in [-0.25, -0.2) is 4.79 Å². The molecule has 4 N–H and O–H groups in total. The number of hydrogen-bond donors (Lipinski definition) is 3. The normalized spacial score (nSPS) is 13.6. The summed E-state index contributed by atoms with van der Waals surface area (Å²) in [5.74, 6) is -1.48. The van der Waals surface area contributed by atoms with E-state index < -0.39 is 12.0 Å². The zero-order valence-corrected chi connectivity index (χ0v) is 26.3. The highest BCUT2D eigenvalue weighted by molar-refractivity contribution is 5.83. The van der Waals surface area contributed by atoms with Crippen LogP contribution in [0.4, 0.5) is 0 Å². The molecule has 0 aromatic heterocycles. The number of unbranched alkanes of at least 4 members (excludes halogenated alkanes) is 4. The molecule has 0 radical (unpaired) electrons. The first-order chi connectivity index (χ1) is 20.4. The van der Waals surface area contributed by atoms with Crippen molar-refractivity contribution in [3.8, 4) is 0 Å². The van der Waals surface area contributed by atoms with Crippen molar-refractivity contribution >= 4 is 17.8 Å². The zero-order chi connectivity index (χ0) is 31.1. The number of aliphatic carboxylic acids is 1. The van der Waals surface area contributed by atoms with Gasteiger partial charge in [0.2, 0.25) is 5.91 Å². The van der Waals surface area contributed by atoms with Crippen LogP contribution in [0.1, 0.15) is 123 Å². The van der Waals surface area contributed by atoms with Crippen molar-refractivity contribution in [2.24, 2.45) is 5.73 Å². The van der Waals surface area contributed by atoms with E-state index in [1.807, 2.05) is 12.2 Å². The summed E-state index contributed by atoms with van der Waals surface area (Å²) < 4.78 is 5.78. The summed E-state index contributed by atoms with van der Waals surface area (Å²) in [5.41, 5.74) is 5.44. The fourth-order valence-electron chi connectivity index (χ4n) is 4.23. The molecule has 238 valence electrons. The molecule has 0 bridgehead atoms. The number of esters is 1. The second-order valence-electron chi connectivity index (χ2n) is 10.5. The Hall–Kier alpha value is -2.93. The molecule has 2 atom stereocenters. The number of ether oxygens (including phenoxy) is 1. The van der Waals surface area contributed by atoms with Gasteiger partial charge >= 0.3 is 11.9 Å². The van der Waals surface area contributed by atoms with Crippen molar-refractivity contribution in [1.29, 1.82) is 0 Å². The van der Waals surface area contributed by atoms with E-state index in [9.17, 15) is 19.5 Å². The van der Waals surface area contributed by atoms with Gasteiger partial charge in [0.05, 0.1) is 6.42 Å². The van der Waals surface area contributed by atoms with Gasteiger partial charge in [0, 0.05) is 6.42 Å². The molecule has 0 aliphatic rings. The molecular weight excluding hydrogens is 528 g/mol. The van der Waals surface area contributed by atoms with E-state index in [1.165, 1.54) is 0 Å². The number of rotatable bonds is 27. The average molecular weight is 587 g/mol. The fraction of sp³-hybridized carbons (Fsp3) is 0.629. The van der Waals surface area contributed by atoms with Crippen LogP contribution < -0.4 is 11.1 Å². The van der Waals surface area contributed by atoms with Crippen molar-refractivity contribution < 1.29 is 24.2 Å². The third-order valence-electron chi connectivity index (χ3n) is 6.63. The fourth-order valence-corrected chi connectivity index (χ4v) is 4.23.